The molecule has 4 N–H and O–H groups in total. The summed E-state index contributed by atoms with van der Waals surface area (Å²) in [5.74, 6) is 0.554. The second kappa shape index (κ2) is 5.06. The number of benzene rings is 1. The molecular formula is C11H18Cl2N2. The van der Waals surface area contributed by atoms with Crippen molar-refractivity contribution < 1.29 is 0 Å². The molecule has 2 unspecified atom stereocenters. The molecular weight excluding hydrogens is 231 g/mol. The summed E-state index contributed by atoms with van der Waals surface area (Å²) >= 11 is 0. The normalized spacial score (nSPS) is 27.5. The highest BCUT2D eigenvalue weighted by atomic mass is 35.5. The minimum absolute atomic E-state index is 0. The van der Waals surface area contributed by atoms with E-state index in [0.717, 1.165) is 18.5 Å². The van der Waals surface area contributed by atoms with E-state index in [1.165, 1.54) is 5.56 Å². The van der Waals surface area contributed by atoms with Gasteiger partial charge in [0.25, 0.3) is 0 Å². The summed E-state index contributed by atoms with van der Waals surface area (Å²) in [5.41, 5.74) is 14.0. The van der Waals surface area contributed by atoms with Gasteiger partial charge in [0.15, 0.2) is 0 Å². The molecule has 0 aromatic heterocycles. The average Bonchev–Trinajstić information content (AvgIpc) is 2.81. The predicted octanol–water partition coefficient (Wildman–Crippen LogP) is 2.71. The third-order valence-electron chi connectivity index (χ3n) is 3.12. The van der Waals surface area contributed by atoms with Gasteiger partial charge in [-0.1, -0.05) is 19.1 Å². The molecule has 1 aromatic carbocycles. The Kier molecular flexibility index (Phi) is 4.91. The molecule has 1 fully saturated rings. The summed E-state index contributed by atoms with van der Waals surface area (Å²) in [6.45, 7) is 2.15. The molecule has 0 aliphatic heterocycles. The van der Waals surface area contributed by atoms with Gasteiger partial charge in [0.1, 0.15) is 0 Å². The van der Waals surface area contributed by atoms with E-state index in [2.05, 4.69) is 19.1 Å². The van der Waals surface area contributed by atoms with E-state index >= 15 is 0 Å². The molecule has 0 spiro atoms. The Morgan fingerprint density at radius 3 is 2.20 bits per heavy atom. The van der Waals surface area contributed by atoms with E-state index in [1.54, 1.807) is 0 Å². The first kappa shape index (κ1) is 14.6. The highest BCUT2D eigenvalue weighted by Gasteiger charge is 2.49. The van der Waals surface area contributed by atoms with Crippen LogP contribution in [0.3, 0.4) is 0 Å². The van der Waals surface area contributed by atoms with Crippen LogP contribution in [0.15, 0.2) is 24.3 Å². The topological polar surface area (TPSA) is 52.0 Å². The minimum atomic E-state index is 0. The summed E-state index contributed by atoms with van der Waals surface area (Å²) < 4.78 is 0. The van der Waals surface area contributed by atoms with Crippen LogP contribution < -0.4 is 11.5 Å². The van der Waals surface area contributed by atoms with E-state index in [1.807, 2.05) is 12.1 Å². The van der Waals surface area contributed by atoms with Crippen LogP contribution in [0.1, 0.15) is 31.2 Å². The fourth-order valence-electron chi connectivity index (χ4n) is 1.89. The summed E-state index contributed by atoms with van der Waals surface area (Å²) in [6, 6.07) is 8.07. The van der Waals surface area contributed by atoms with E-state index in [9.17, 15) is 0 Å². The SMILES string of the molecule is CCC1(N)CC1c1ccc(N)cc1.Cl.Cl. The van der Waals surface area contributed by atoms with E-state index in [4.69, 9.17) is 11.5 Å². The van der Waals surface area contributed by atoms with Gasteiger partial charge in [-0.15, -0.1) is 24.8 Å². The highest BCUT2D eigenvalue weighted by molar-refractivity contribution is 5.85. The molecule has 1 saturated carbocycles. The molecule has 86 valence electrons. The Bertz CT molecular complexity index is 313. The molecule has 1 aliphatic carbocycles. The number of nitrogen functional groups attached to an aromatic ring is 1. The first-order valence-corrected chi connectivity index (χ1v) is 4.80. The number of hydrogen-bond donors (Lipinski definition) is 2. The highest BCUT2D eigenvalue weighted by Crippen LogP contribution is 2.51. The monoisotopic (exact) mass is 248 g/mol. The molecule has 1 aliphatic rings. The standard InChI is InChI=1S/C11H16N2.2ClH/c1-2-11(13)7-10(11)8-3-5-9(12)6-4-8;;/h3-6,10H,2,7,12-13H2,1H3;2*1H. The van der Waals surface area contributed by atoms with Crippen molar-refractivity contribution in [3.63, 3.8) is 0 Å². The Morgan fingerprint density at radius 1 is 1.27 bits per heavy atom. The Hall–Kier alpha value is -0.440. The van der Waals surface area contributed by atoms with Crippen LogP contribution in [0, 0.1) is 0 Å². The van der Waals surface area contributed by atoms with Crippen molar-refractivity contribution in [1.82, 2.24) is 0 Å². The first-order valence-electron chi connectivity index (χ1n) is 4.80. The molecule has 2 rings (SSSR count). The van der Waals surface area contributed by atoms with Gasteiger partial charge in [0, 0.05) is 17.1 Å². The molecule has 0 amide bonds. The van der Waals surface area contributed by atoms with Crippen molar-refractivity contribution in [1.29, 1.82) is 0 Å². The third kappa shape index (κ3) is 2.77. The molecule has 0 heterocycles. The van der Waals surface area contributed by atoms with Gasteiger partial charge in [-0.2, -0.15) is 0 Å². The predicted molar refractivity (Wildman–Crippen MR) is 69.9 cm³/mol. The minimum Gasteiger partial charge on any atom is -0.399 e. The largest absolute Gasteiger partial charge is 0.399 e. The smallest absolute Gasteiger partial charge is 0.0314 e. The lowest BCUT2D eigenvalue weighted by molar-refractivity contribution is 0.626. The molecule has 0 saturated heterocycles. The fraction of sp³-hybridized carbons (Fsp3) is 0.455. The zero-order valence-electron chi connectivity index (χ0n) is 8.77. The maximum absolute atomic E-state index is 6.13. The Morgan fingerprint density at radius 2 is 1.80 bits per heavy atom. The average molecular weight is 249 g/mol. The number of rotatable bonds is 2. The van der Waals surface area contributed by atoms with Crippen LogP contribution in [-0.4, -0.2) is 5.54 Å². The van der Waals surface area contributed by atoms with Gasteiger partial charge in [-0.05, 0) is 30.5 Å². The number of anilines is 1. The lowest BCUT2D eigenvalue weighted by atomic mass is 10.0. The first-order chi connectivity index (χ1) is 6.15. The van der Waals surface area contributed by atoms with Gasteiger partial charge in [-0.25, -0.2) is 0 Å². The molecule has 2 nitrogen and oxygen atoms in total. The summed E-state index contributed by atoms with van der Waals surface area (Å²) in [6.07, 6.45) is 2.18. The van der Waals surface area contributed by atoms with Crippen molar-refractivity contribution in [3.05, 3.63) is 29.8 Å². The zero-order chi connectivity index (χ0) is 9.47. The quantitative estimate of drug-likeness (QED) is 0.792. The second-order valence-electron chi connectivity index (χ2n) is 4.01. The number of nitrogens with two attached hydrogens (primary N) is 2. The molecule has 4 heteroatoms. The van der Waals surface area contributed by atoms with Gasteiger partial charge >= 0.3 is 0 Å². The summed E-state index contributed by atoms with van der Waals surface area (Å²) in [5, 5.41) is 0. The lowest BCUT2D eigenvalue weighted by Crippen LogP contribution is -2.22. The van der Waals surface area contributed by atoms with Crippen molar-refractivity contribution >= 4 is 30.5 Å². The summed E-state index contributed by atoms with van der Waals surface area (Å²) in [4.78, 5) is 0. The Labute approximate surface area is 103 Å². The summed E-state index contributed by atoms with van der Waals surface area (Å²) in [7, 11) is 0. The Balaban J connectivity index is 0.000000980. The fourth-order valence-corrected chi connectivity index (χ4v) is 1.89. The van der Waals surface area contributed by atoms with Crippen LogP contribution in [0.5, 0.6) is 0 Å². The van der Waals surface area contributed by atoms with Crippen LogP contribution in [0.4, 0.5) is 5.69 Å². The van der Waals surface area contributed by atoms with Crippen LogP contribution in [0.25, 0.3) is 0 Å². The van der Waals surface area contributed by atoms with Gasteiger partial charge in [0.2, 0.25) is 0 Å². The van der Waals surface area contributed by atoms with Crippen molar-refractivity contribution in [2.24, 2.45) is 5.73 Å². The lowest BCUT2D eigenvalue weighted by Gasteiger charge is -2.07. The second-order valence-corrected chi connectivity index (χ2v) is 4.01. The maximum Gasteiger partial charge on any atom is 0.0314 e. The van der Waals surface area contributed by atoms with Gasteiger partial charge < -0.3 is 11.5 Å². The zero-order valence-corrected chi connectivity index (χ0v) is 10.4. The third-order valence-corrected chi connectivity index (χ3v) is 3.12. The molecule has 2 atom stereocenters. The number of hydrogen-bond acceptors (Lipinski definition) is 2. The van der Waals surface area contributed by atoms with Gasteiger partial charge in [0.05, 0.1) is 0 Å². The van der Waals surface area contributed by atoms with Crippen molar-refractivity contribution in [2.45, 2.75) is 31.2 Å². The number of halogens is 2. The van der Waals surface area contributed by atoms with Crippen LogP contribution >= 0.6 is 24.8 Å². The molecule has 15 heavy (non-hydrogen) atoms. The van der Waals surface area contributed by atoms with Crippen molar-refractivity contribution in [2.75, 3.05) is 5.73 Å². The van der Waals surface area contributed by atoms with Crippen LogP contribution in [-0.2, 0) is 0 Å². The molecule has 0 radical (unpaired) electrons. The van der Waals surface area contributed by atoms with E-state index < -0.39 is 0 Å². The van der Waals surface area contributed by atoms with E-state index in [-0.39, 0.29) is 30.4 Å². The van der Waals surface area contributed by atoms with E-state index in [0.29, 0.717) is 5.92 Å². The molecule has 0 bridgehead atoms. The van der Waals surface area contributed by atoms with Gasteiger partial charge in [-0.3, -0.25) is 0 Å². The molecule has 1 aromatic rings. The van der Waals surface area contributed by atoms with Crippen LogP contribution in [0.2, 0.25) is 0 Å². The van der Waals surface area contributed by atoms with Crippen molar-refractivity contribution in [3.8, 4) is 0 Å². The maximum atomic E-state index is 6.13.